The molecule has 1 nitrogen and oxygen atoms in total. The summed E-state index contributed by atoms with van der Waals surface area (Å²) in [5.74, 6) is 0.203. The molecule has 27 heavy (non-hydrogen) atoms. The van der Waals surface area contributed by atoms with E-state index < -0.39 is 11.7 Å². The van der Waals surface area contributed by atoms with Crippen LogP contribution < -0.4 is 5.32 Å². The molecule has 0 saturated carbocycles. The molecule has 0 aromatic heterocycles. The number of alkyl halides is 3. The molecule has 1 aliphatic heterocycles. The van der Waals surface area contributed by atoms with Crippen molar-refractivity contribution in [3.05, 3.63) is 101 Å². The van der Waals surface area contributed by atoms with Gasteiger partial charge in [0.25, 0.3) is 0 Å². The first-order chi connectivity index (χ1) is 12.9. The lowest BCUT2D eigenvalue weighted by atomic mass is 9.73. The van der Waals surface area contributed by atoms with Crippen molar-refractivity contribution < 1.29 is 13.2 Å². The minimum Gasteiger partial charge on any atom is -0.378 e. The summed E-state index contributed by atoms with van der Waals surface area (Å²) in [5, 5.41) is 3.47. The zero-order chi connectivity index (χ0) is 19.0. The maximum atomic E-state index is 13.2. The van der Waals surface area contributed by atoms with Crippen molar-refractivity contribution in [3.63, 3.8) is 0 Å². The Balaban J connectivity index is 1.80. The average Bonchev–Trinajstić information content (AvgIpc) is 2.67. The molecule has 0 bridgehead atoms. The highest BCUT2D eigenvalue weighted by Crippen LogP contribution is 2.47. The van der Waals surface area contributed by atoms with Crippen molar-refractivity contribution in [1.29, 1.82) is 0 Å². The van der Waals surface area contributed by atoms with E-state index in [9.17, 15) is 13.2 Å². The number of fused-ring (bicyclic) bond motifs is 1. The maximum Gasteiger partial charge on any atom is 0.416 e. The predicted molar refractivity (Wildman–Crippen MR) is 102 cm³/mol. The summed E-state index contributed by atoms with van der Waals surface area (Å²) < 4.78 is 39.6. The molecular formula is C23H20F3N. The van der Waals surface area contributed by atoms with Gasteiger partial charge in [0.15, 0.2) is 0 Å². The third-order valence-corrected chi connectivity index (χ3v) is 5.39. The lowest BCUT2D eigenvalue weighted by Gasteiger charge is -2.40. The highest BCUT2D eigenvalue weighted by Gasteiger charge is 2.37. The van der Waals surface area contributed by atoms with E-state index in [4.69, 9.17) is 0 Å². The monoisotopic (exact) mass is 367 g/mol. The van der Waals surface area contributed by atoms with E-state index in [2.05, 4.69) is 30.4 Å². The second-order valence-electron chi connectivity index (χ2n) is 7.08. The van der Waals surface area contributed by atoms with Gasteiger partial charge in [-0.3, -0.25) is 0 Å². The zero-order valence-electron chi connectivity index (χ0n) is 14.9. The van der Waals surface area contributed by atoms with Crippen LogP contribution in [0.2, 0.25) is 0 Å². The Kier molecular flexibility index (Phi) is 4.42. The van der Waals surface area contributed by atoms with Gasteiger partial charge in [-0.05, 0) is 40.8 Å². The summed E-state index contributed by atoms with van der Waals surface area (Å²) in [7, 11) is 0. The SMILES string of the molecule is C[C@@H]1[C@H](c2ccccc2)c2ccccc2N[C@@H]1c1cccc(C(F)(F)F)c1. The molecule has 1 N–H and O–H groups in total. The number of hydrogen-bond acceptors (Lipinski definition) is 1. The van der Waals surface area contributed by atoms with E-state index in [0.29, 0.717) is 5.56 Å². The zero-order valence-corrected chi connectivity index (χ0v) is 14.9. The van der Waals surface area contributed by atoms with Crippen LogP contribution in [0, 0.1) is 5.92 Å². The Morgan fingerprint density at radius 1 is 0.778 bits per heavy atom. The molecule has 0 unspecified atom stereocenters. The Morgan fingerprint density at radius 2 is 1.44 bits per heavy atom. The van der Waals surface area contributed by atoms with Gasteiger partial charge >= 0.3 is 6.18 Å². The van der Waals surface area contributed by atoms with Crippen LogP contribution in [0.5, 0.6) is 0 Å². The lowest BCUT2D eigenvalue weighted by Crippen LogP contribution is -2.30. The molecular weight excluding hydrogens is 347 g/mol. The normalized spacial score (nSPS) is 22.0. The quantitative estimate of drug-likeness (QED) is 0.535. The molecule has 0 fully saturated rings. The summed E-state index contributed by atoms with van der Waals surface area (Å²) >= 11 is 0. The van der Waals surface area contributed by atoms with Crippen LogP contribution in [-0.2, 0) is 6.18 Å². The second kappa shape index (κ2) is 6.76. The molecule has 0 saturated heterocycles. The number of rotatable bonds is 2. The molecule has 3 aromatic rings. The molecule has 1 aliphatic rings. The predicted octanol–water partition coefficient (Wildman–Crippen LogP) is 6.64. The van der Waals surface area contributed by atoms with Crippen molar-refractivity contribution in [2.45, 2.75) is 25.1 Å². The van der Waals surface area contributed by atoms with E-state index in [-0.39, 0.29) is 17.9 Å². The summed E-state index contributed by atoms with van der Waals surface area (Å²) in [6, 6.07) is 23.7. The number of benzene rings is 3. The average molecular weight is 367 g/mol. The molecule has 0 aliphatic carbocycles. The first-order valence-corrected chi connectivity index (χ1v) is 9.03. The van der Waals surface area contributed by atoms with Gasteiger partial charge in [-0.1, -0.05) is 67.6 Å². The van der Waals surface area contributed by atoms with Gasteiger partial charge in [0.05, 0.1) is 11.6 Å². The highest BCUT2D eigenvalue weighted by molar-refractivity contribution is 5.60. The fraction of sp³-hybridized carbons (Fsp3) is 0.217. The summed E-state index contributed by atoms with van der Waals surface area (Å²) in [4.78, 5) is 0. The maximum absolute atomic E-state index is 13.2. The Bertz CT molecular complexity index is 934. The fourth-order valence-electron chi connectivity index (χ4n) is 4.11. The van der Waals surface area contributed by atoms with Crippen molar-refractivity contribution in [2.24, 2.45) is 5.92 Å². The van der Waals surface area contributed by atoms with E-state index in [0.717, 1.165) is 11.8 Å². The van der Waals surface area contributed by atoms with Crippen LogP contribution in [0.25, 0.3) is 0 Å². The Hall–Kier alpha value is -2.75. The Labute approximate surface area is 156 Å². The van der Waals surface area contributed by atoms with Crippen molar-refractivity contribution in [2.75, 3.05) is 5.32 Å². The van der Waals surface area contributed by atoms with Crippen molar-refractivity contribution in [1.82, 2.24) is 0 Å². The molecule has 0 spiro atoms. The third kappa shape index (κ3) is 3.32. The first-order valence-electron chi connectivity index (χ1n) is 9.03. The minimum absolute atomic E-state index is 0.0887. The van der Waals surface area contributed by atoms with Crippen LogP contribution in [0.4, 0.5) is 18.9 Å². The van der Waals surface area contributed by atoms with Crippen LogP contribution in [0.1, 0.15) is 41.1 Å². The smallest absolute Gasteiger partial charge is 0.378 e. The summed E-state index contributed by atoms with van der Waals surface area (Å²) in [6.45, 7) is 2.10. The molecule has 0 radical (unpaired) electrons. The van der Waals surface area contributed by atoms with E-state index in [1.165, 1.54) is 23.3 Å². The number of anilines is 1. The molecule has 4 rings (SSSR count). The molecule has 3 atom stereocenters. The van der Waals surface area contributed by atoms with E-state index in [1.54, 1.807) is 6.07 Å². The molecule has 3 aromatic carbocycles. The van der Waals surface area contributed by atoms with Crippen molar-refractivity contribution >= 4 is 5.69 Å². The topological polar surface area (TPSA) is 12.0 Å². The van der Waals surface area contributed by atoms with E-state index >= 15 is 0 Å². The largest absolute Gasteiger partial charge is 0.416 e. The lowest BCUT2D eigenvalue weighted by molar-refractivity contribution is -0.137. The number of halogens is 3. The summed E-state index contributed by atoms with van der Waals surface area (Å²) in [5.41, 5.74) is 3.39. The summed E-state index contributed by atoms with van der Waals surface area (Å²) in [6.07, 6.45) is -4.34. The Morgan fingerprint density at radius 3 is 2.19 bits per heavy atom. The van der Waals surface area contributed by atoms with E-state index in [1.807, 2.05) is 36.4 Å². The van der Waals surface area contributed by atoms with Gasteiger partial charge in [-0.2, -0.15) is 13.2 Å². The standard InChI is InChI=1S/C23H20F3N/c1-15-21(16-8-3-2-4-9-16)19-12-5-6-13-20(19)27-22(15)17-10-7-11-18(14-17)23(24,25)26/h2-15,21-22,27H,1H3/t15-,21-,22+/m1/s1. The van der Waals surface area contributed by atoms with Gasteiger partial charge in [0.2, 0.25) is 0 Å². The van der Waals surface area contributed by atoms with Crippen LogP contribution in [0.3, 0.4) is 0 Å². The van der Waals surface area contributed by atoms with Gasteiger partial charge in [-0.15, -0.1) is 0 Å². The van der Waals surface area contributed by atoms with Gasteiger partial charge in [0.1, 0.15) is 0 Å². The number of para-hydroxylation sites is 1. The van der Waals surface area contributed by atoms with Crippen molar-refractivity contribution in [3.8, 4) is 0 Å². The number of nitrogens with one attached hydrogen (secondary N) is 1. The fourth-order valence-corrected chi connectivity index (χ4v) is 4.11. The highest BCUT2D eigenvalue weighted by atomic mass is 19.4. The second-order valence-corrected chi connectivity index (χ2v) is 7.08. The van der Waals surface area contributed by atoms with Crippen LogP contribution in [0.15, 0.2) is 78.9 Å². The van der Waals surface area contributed by atoms with Gasteiger partial charge in [-0.25, -0.2) is 0 Å². The van der Waals surface area contributed by atoms with Crippen LogP contribution in [-0.4, -0.2) is 0 Å². The molecule has 138 valence electrons. The van der Waals surface area contributed by atoms with Crippen LogP contribution >= 0.6 is 0 Å². The minimum atomic E-state index is -4.34. The first kappa shape index (κ1) is 17.7. The molecule has 1 heterocycles. The van der Waals surface area contributed by atoms with Gasteiger partial charge in [0, 0.05) is 11.6 Å². The number of hydrogen-bond donors (Lipinski definition) is 1. The van der Waals surface area contributed by atoms with Gasteiger partial charge < -0.3 is 5.32 Å². The third-order valence-electron chi connectivity index (χ3n) is 5.39. The molecule has 4 heteroatoms. The molecule has 0 amide bonds.